The minimum atomic E-state index is -0.672. The van der Waals surface area contributed by atoms with Crippen molar-refractivity contribution in [2.75, 3.05) is 11.9 Å². The second-order valence-electron chi connectivity index (χ2n) is 6.54. The van der Waals surface area contributed by atoms with Crippen LogP contribution in [0.25, 0.3) is 10.9 Å². The van der Waals surface area contributed by atoms with Crippen LogP contribution in [0, 0.1) is 6.92 Å². The predicted molar refractivity (Wildman–Crippen MR) is 97.2 cm³/mol. The fourth-order valence-electron chi connectivity index (χ4n) is 3.40. The smallest absolute Gasteiger partial charge is 0.296 e. The number of aromatic amines is 1. The van der Waals surface area contributed by atoms with Crippen molar-refractivity contribution < 1.29 is 14.3 Å². The maximum absolute atomic E-state index is 12.7. The monoisotopic (exact) mass is 352 g/mol. The van der Waals surface area contributed by atoms with Gasteiger partial charge in [0, 0.05) is 29.4 Å². The second kappa shape index (κ2) is 6.76. The van der Waals surface area contributed by atoms with E-state index in [4.69, 9.17) is 4.74 Å². The number of hydrogen-bond acceptors (Lipinski definition) is 4. The van der Waals surface area contributed by atoms with Gasteiger partial charge in [0.1, 0.15) is 0 Å². The number of benzene rings is 1. The van der Waals surface area contributed by atoms with Gasteiger partial charge in [-0.15, -0.1) is 0 Å². The number of fused-ring (bicyclic) bond motifs is 1. The molecule has 0 spiro atoms. The van der Waals surface area contributed by atoms with Gasteiger partial charge in [0.15, 0.2) is 0 Å². The zero-order chi connectivity index (χ0) is 18.1. The molecule has 26 heavy (non-hydrogen) atoms. The van der Waals surface area contributed by atoms with Gasteiger partial charge >= 0.3 is 0 Å². The van der Waals surface area contributed by atoms with Gasteiger partial charge in [-0.1, -0.05) is 18.2 Å². The van der Waals surface area contributed by atoms with E-state index in [0.717, 1.165) is 30.4 Å². The van der Waals surface area contributed by atoms with Crippen molar-refractivity contribution in [3.05, 3.63) is 47.9 Å². The fraction of sp³-hybridized carbons (Fsp3) is 0.316. The molecule has 3 heterocycles. The van der Waals surface area contributed by atoms with Crippen molar-refractivity contribution in [2.45, 2.75) is 32.4 Å². The molecule has 0 saturated carbocycles. The molecular formula is C19H20N4O3. The molecule has 134 valence electrons. The summed E-state index contributed by atoms with van der Waals surface area (Å²) in [7, 11) is 0. The number of amides is 1. The first-order valence-electron chi connectivity index (χ1n) is 8.69. The fourth-order valence-corrected chi connectivity index (χ4v) is 3.40. The number of rotatable bonds is 5. The van der Waals surface area contributed by atoms with Crippen LogP contribution in [-0.2, 0) is 16.1 Å². The van der Waals surface area contributed by atoms with Gasteiger partial charge in [-0.3, -0.25) is 14.3 Å². The standard InChI is InChI=1S/C19H20N4O3/c1-12-17(15-6-2-3-7-16(15)21-12)18(24)19(25)22-13-9-20-23(10-13)11-14-5-4-8-26-14/h2-3,6-7,9-10,14,21H,4-5,8,11H2,1H3,(H,22,25)/t14-/m1/s1. The molecule has 1 atom stereocenters. The quantitative estimate of drug-likeness (QED) is 0.546. The van der Waals surface area contributed by atoms with E-state index in [1.165, 1.54) is 0 Å². The number of hydrogen-bond donors (Lipinski definition) is 2. The van der Waals surface area contributed by atoms with Crippen molar-refractivity contribution in [3.63, 3.8) is 0 Å². The number of ketones is 1. The van der Waals surface area contributed by atoms with Gasteiger partial charge in [0.05, 0.1) is 30.1 Å². The van der Waals surface area contributed by atoms with Gasteiger partial charge < -0.3 is 15.0 Å². The summed E-state index contributed by atoms with van der Waals surface area (Å²) in [5.41, 5.74) is 2.43. The molecule has 1 aliphatic heterocycles. The molecule has 1 amide bonds. The van der Waals surface area contributed by atoms with E-state index in [0.29, 0.717) is 23.5 Å². The Bertz CT molecular complexity index is 966. The molecule has 2 aromatic heterocycles. The molecule has 3 aromatic rings. The lowest BCUT2D eigenvalue weighted by atomic mass is 10.1. The van der Waals surface area contributed by atoms with Crippen LogP contribution in [0.5, 0.6) is 0 Å². The van der Waals surface area contributed by atoms with Crippen LogP contribution >= 0.6 is 0 Å². The van der Waals surface area contributed by atoms with Gasteiger partial charge in [-0.2, -0.15) is 5.10 Å². The topological polar surface area (TPSA) is 89.0 Å². The third-order valence-corrected chi connectivity index (χ3v) is 4.63. The molecule has 1 aromatic carbocycles. The number of aryl methyl sites for hydroxylation is 1. The van der Waals surface area contributed by atoms with E-state index < -0.39 is 11.7 Å². The Morgan fingerprint density at radius 1 is 1.38 bits per heavy atom. The van der Waals surface area contributed by atoms with Crippen molar-refractivity contribution in [2.24, 2.45) is 0 Å². The normalized spacial score (nSPS) is 16.9. The van der Waals surface area contributed by atoms with Crippen LogP contribution in [0.15, 0.2) is 36.7 Å². The number of nitrogens with zero attached hydrogens (tertiary/aromatic N) is 2. The van der Waals surface area contributed by atoms with Crippen LogP contribution in [0.4, 0.5) is 5.69 Å². The molecule has 7 heteroatoms. The van der Waals surface area contributed by atoms with E-state index in [1.807, 2.05) is 24.3 Å². The number of Topliss-reactive ketones (excluding diaryl/α,β-unsaturated/α-hetero) is 1. The summed E-state index contributed by atoms with van der Waals surface area (Å²) < 4.78 is 7.31. The van der Waals surface area contributed by atoms with Crippen molar-refractivity contribution in [1.29, 1.82) is 0 Å². The number of aromatic nitrogens is 3. The lowest BCUT2D eigenvalue weighted by Crippen LogP contribution is -2.23. The molecule has 7 nitrogen and oxygen atoms in total. The number of carbonyl (C=O) groups is 2. The summed E-state index contributed by atoms with van der Waals surface area (Å²) in [4.78, 5) is 28.2. The van der Waals surface area contributed by atoms with Crippen LogP contribution in [0.2, 0.25) is 0 Å². The predicted octanol–water partition coefficient (Wildman–Crippen LogP) is 2.67. The van der Waals surface area contributed by atoms with E-state index in [2.05, 4.69) is 15.4 Å². The van der Waals surface area contributed by atoms with Crippen molar-refractivity contribution in [3.8, 4) is 0 Å². The lowest BCUT2D eigenvalue weighted by molar-refractivity contribution is -0.112. The van der Waals surface area contributed by atoms with Crippen molar-refractivity contribution in [1.82, 2.24) is 14.8 Å². The highest BCUT2D eigenvalue weighted by Crippen LogP contribution is 2.23. The number of ether oxygens (including phenoxy) is 1. The highest BCUT2D eigenvalue weighted by Gasteiger charge is 2.23. The SMILES string of the molecule is Cc1[nH]c2ccccc2c1C(=O)C(=O)Nc1cnn(C[C@H]2CCCO2)c1. The highest BCUT2D eigenvalue weighted by atomic mass is 16.5. The molecule has 1 saturated heterocycles. The first-order chi connectivity index (χ1) is 12.6. The van der Waals surface area contributed by atoms with E-state index in [9.17, 15) is 9.59 Å². The minimum Gasteiger partial charge on any atom is -0.376 e. The first kappa shape index (κ1) is 16.5. The zero-order valence-corrected chi connectivity index (χ0v) is 14.5. The number of carbonyl (C=O) groups excluding carboxylic acids is 2. The van der Waals surface area contributed by atoms with Gasteiger partial charge in [-0.05, 0) is 25.8 Å². The van der Waals surface area contributed by atoms with E-state index >= 15 is 0 Å². The largest absolute Gasteiger partial charge is 0.376 e. The average Bonchev–Trinajstić information content (AvgIpc) is 3.35. The molecule has 2 N–H and O–H groups in total. The van der Waals surface area contributed by atoms with Crippen LogP contribution in [0.1, 0.15) is 28.9 Å². The Kier molecular flexibility index (Phi) is 4.30. The van der Waals surface area contributed by atoms with Crippen LogP contribution in [-0.4, -0.2) is 39.2 Å². The number of nitrogens with one attached hydrogen (secondary N) is 2. The van der Waals surface area contributed by atoms with Crippen molar-refractivity contribution >= 4 is 28.3 Å². The van der Waals surface area contributed by atoms with Crippen LogP contribution in [0.3, 0.4) is 0 Å². The molecular weight excluding hydrogens is 332 g/mol. The maximum Gasteiger partial charge on any atom is 0.296 e. The molecule has 0 unspecified atom stereocenters. The maximum atomic E-state index is 12.7. The summed E-state index contributed by atoms with van der Waals surface area (Å²) in [5.74, 6) is -1.23. The van der Waals surface area contributed by atoms with Gasteiger partial charge in [0.2, 0.25) is 0 Å². The number of H-pyrrole nitrogens is 1. The summed E-state index contributed by atoms with van der Waals surface area (Å²) in [6.45, 7) is 3.22. The molecule has 4 rings (SSSR count). The summed E-state index contributed by atoms with van der Waals surface area (Å²) in [5, 5.41) is 7.62. The number of para-hydroxylation sites is 1. The van der Waals surface area contributed by atoms with Gasteiger partial charge in [-0.25, -0.2) is 0 Å². The van der Waals surface area contributed by atoms with E-state index in [-0.39, 0.29) is 6.10 Å². The molecule has 0 aliphatic carbocycles. The third kappa shape index (κ3) is 3.13. The zero-order valence-electron chi connectivity index (χ0n) is 14.5. The summed E-state index contributed by atoms with van der Waals surface area (Å²) >= 11 is 0. The Hall–Kier alpha value is -2.93. The van der Waals surface area contributed by atoms with Gasteiger partial charge in [0.25, 0.3) is 11.7 Å². The minimum absolute atomic E-state index is 0.161. The number of anilines is 1. The summed E-state index contributed by atoms with van der Waals surface area (Å²) in [6, 6.07) is 7.44. The van der Waals surface area contributed by atoms with Crippen LogP contribution < -0.4 is 5.32 Å². The molecule has 0 bridgehead atoms. The first-order valence-corrected chi connectivity index (χ1v) is 8.69. The molecule has 0 radical (unpaired) electrons. The Labute approximate surface area is 150 Å². The lowest BCUT2D eigenvalue weighted by Gasteiger charge is -2.08. The summed E-state index contributed by atoms with van der Waals surface area (Å²) in [6.07, 6.45) is 5.50. The molecule has 1 fully saturated rings. The highest BCUT2D eigenvalue weighted by molar-refractivity contribution is 6.48. The third-order valence-electron chi connectivity index (χ3n) is 4.63. The Morgan fingerprint density at radius 3 is 3.04 bits per heavy atom. The molecule has 1 aliphatic rings. The Morgan fingerprint density at radius 2 is 2.23 bits per heavy atom. The average molecular weight is 352 g/mol. The van der Waals surface area contributed by atoms with E-state index in [1.54, 1.807) is 24.0 Å². The Balaban J connectivity index is 1.48. The second-order valence-corrected chi connectivity index (χ2v) is 6.54.